The van der Waals surface area contributed by atoms with Crippen molar-refractivity contribution in [3.63, 3.8) is 0 Å². The van der Waals surface area contributed by atoms with Gasteiger partial charge >= 0.3 is 0 Å². The van der Waals surface area contributed by atoms with Crippen molar-refractivity contribution in [2.45, 2.75) is 0 Å². The van der Waals surface area contributed by atoms with Gasteiger partial charge in [0.05, 0.1) is 0 Å². The highest BCUT2D eigenvalue weighted by molar-refractivity contribution is 6.05. The van der Waals surface area contributed by atoms with Crippen LogP contribution in [0.2, 0.25) is 0 Å². The van der Waals surface area contributed by atoms with Crippen LogP contribution in [0.5, 0.6) is 11.5 Å². The van der Waals surface area contributed by atoms with Gasteiger partial charge in [0.25, 0.3) is 0 Å². The van der Waals surface area contributed by atoms with Gasteiger partial charge in [0.1, 0.15) is 34.8 Å². The number of benzene rings is 3. The molecule has 0 aliphatic heterocycles. The Kier molecular flexibility index (Phi) is 2.45. The summed E-state index contributed by atoms with van der Waals surface area (Å²) in [6.07, 6.45) is 0. The summed E-state index contributed by atoms with van der Waals surface area (Å²) >= 11 is 0. The Balaban J connectivity index is 2.60. The zero-order chi connectivity index (χ0) is 14.3. The van der Waals surface area contributed by atoms with Crippen LogP contribution >= 0.6 is 0 Å². The number of phenols is 2. The van der Waals surface area contributed by atoms with E-state index in [1.54, 1.807) is 24.3 Å². The van der Waals surface area contributed by atoms with Crippen molar-refractivity contribution in [1.82, 2.24) is 0 Å². The minimum Gasteiger partial charge on any atom is -0.506 e. The number of hydrogen-bond acceptors (Lipinski definition) is 4. The largest absolute Gasteiger partial charge is 0.506 e. The highest BCUT2D eigenvalue weighted by Gasteiger charge is 2.19. The van der Waals surface area contributed by atoms with E-state index in [2.05, 4.69) is 0 Å². The molecule has 0 saturated heterocycles. The predicted octanol–water partition coefficient (Wildman–Crippen LogP) is 3.15. The van der Waals surface area contributed by atoms with Gasteiger partial charge in [-0.25, -0.2) is 0 Å². The predicted molar refractivity (Wildman–Crippen MR) is 74.2 cm³/mol. The molecule has 0 aliphatic carbocycles. The van der Waals surface area contributed by atoms with Crippen LogP contribution in [0.3, 0.4) is 0 Å². The first-order valence-corrected chi connectivity index (χ1v) is 5.88. The van der Waals surface area contributed by atoms with Gasteiger partial charge in [0.2, 0.25) is 0 Å². The van der Waals surface area contributed by atoms with Crippen LogP contribution in [0.15, 0.2) is 36.4 Å². The van der Waals surface area contributed by atoms with E-state index < -0.39 is 0 Å². The zero-order valence-corrected chi connectivity index (χ0v) is 10.3. The van der Waals surface area contributed by atoms with Crippen LogP contribution in [-0.2, 0) is 0 Å². The maximum absolute atomic E-state index is 10.2. The maximum Gasteiger partial charge on any atom is 0.142 e. The maximum atomic E-state index is 10.2. The molecule has 0 atom stereocenters. The molecule has 94 valence electrons. The van der Waals surface area contributed by atoms with Gasteiger partial charge in [-0.05, 0) is 22.9 Å². The molecule has 0 heterocycles. The van der Waals surface area contributed by atoms with Crippen molar-refractivity contribution in [3.8, 4) is 23.6 Å². The lowest BCUT2D eigenvalue weighted by molar-refractivity contribution is 0.466. The van der Waals surface area contributed by atoms with E-state index in [9.17, 15) is 10.2 Å². The lowest BCUT2D eigenvalue weighted by Crippen LogP contribution is -1.89. The van der Waals surface area contributed by atoms with Gasteiger partial charge in [-0.1, -0.05) is 24.3 Å². The van der Waals surface area contributed by atoms with Crippen molar-refractivity contribution < 1.29 is 10.2 Å². The highest BCUT2D eigenvalue weighted by Crippen LogP contribution is 2.40. The molecule has 0 saturated carbocycles. The number of nitrogens with zero attached hydrogens (tertiary/aromatic N) is 2. The van der Waals surface area contributed by atoms with Crippen molar-refractivity contribution in [2.24, 2.45) is 0 Å². The highest BCUT2D eigenvalue weighted by atomic mass is 16.3. The summed E-state index contributed by atoms with van der Waals surface area (Å²) in [5, 5.41) is 40.9. The summed E-state index contributed by atoms with van der Waals surface area (Å²) in [4.78, 5) is 0. The summed E-state index contributed by atoms with van der Waals surface area (Å²) in [5.74, 6) is -0.551. The molecule has 0 amide bonds. The third-order valence-electron chi connectivity index (χ3n) is 3.34. The Morgan fingerprint density at radius 1 is 0.750 bits per heavy atom. The Labute approximate surface area is 114 Å². The lowest BCUT2D eigenvalue weighted by Gasteiger charge is -2.09. The van der Waals surface area contributed by atoms with Crippen LogP contribution in [-0.4, -0.2) is 10.2 Å². The Bertz CT molecular complexity index is 869. The second-order valence-electron chi connectivity index (χ2n) is 4.42. The molecule has 0 radical (unpaired) electrons. The summed E-state index contributed by atoms with van der Waals surface area (Å²) in [6, 6.07) is 14.4. The number of hydrogen-bond donors (Lipinski definition) is 2. The number of phenolic OH excluding ortho intramolecular Hbond substituents is 2. The smallest absolute Gasteiger partial charge is 0.142 e. The molecule has 2 N–H and O–H groups in total. The van der Waals surface area contributed by atoms with E-state index >= 15 is 0 Å². The first-order chi connectivity index (χ1) is 9.67. The third-order valence-corrected chi connectivity index (χ3v) is 3.34. The van der Waals surface area contributed by atoms with E-state index in [0.29, 0.717) is 10.8 Å². The molecular weight excluding hydrogens is 252 g/mol. The molecule has 0 fully saturated rings. The molecule has 0 spiro atoms. The van der Waals surface area contributed by atoms with Gasteiger partial charge in [0.15, 0.2) is 0 Å². The van der Waals surface area contributed by atoms with E-state index in [1.807, 2.05) is 24.3 Å². The molecule has 3 aromatic carbocycles. The van der Waals surface area contributed by atoms with E-state index in [0.717, 1.165) is 10.8 Å². The first-order valence-electron chi connectivity index (χ1n) is 5.88. The third kappa shape index (κ3) is 1.46. The topological polar surface area (TPSA) is 88.0 Å². The van der Waals surface area contributed by atoms with Crippen molar-refractivity contribution in [1.29, 1.82) is 10.5 Å². The average molecular weight is 260 g/mol. The van der Waals surface area contributed by atoms with Gasteiger partial charge in [-0.3, -0.25) is 0 Å². The zero-order valence-electron chi connectivity index (χ0n) is 10.3. The first kappa shape index (κ1) is 11.8. The van der Waals surface area contributed by atoms with E-state index in [4.69, 9.17) is 10.5 Å². The molecule has 20 heavy (non-hydrogen) atoms. The minimum atomic E-state index is -0.275. The second-order valence-corrected chi connectivity index (χ2v) is 4.42. The average Bonchev–Trinajstić information content (AvgIpc) is 2.49. The van der Waals surface area contributed by atoms with Gasteiger partial charge in [-0.2, -0.15) is 10.5 Å². The normalized spacial score (nSPS) is 10.3. The molecular formula is C16H8N2O2. The number of nitriles is 2. The van der Waals surface area contributed by atoms with Crippen molar-refractivity contribution >= 4 is 21.5 Å². The number of rotatable bonds is 0. The molecule has 0 unspecified atom stereocenters. The van der Waals surface area contributed by atoms with Crippen LogP contribution in [0.25, 0.3) is 21.5 Å². The quantitative estimate of drug-likeness (QED) is 0.480. The standard InChI is InChI=1S/C16H8N2O2/c17-7-13-14(8-18)16(20)12-6-10-4-2-1-3-9(10)5-11(12)15(13)19/h1-6,19-20H. The van der Waals surface area contributed by atoms with Crippen LogP contribution in [0.1, 0.15) is 11.1 Å². The fraction of sp³-hybridized carbons (Fsp3) is 0. The molecule has 0 aliphatic rings. The van der Waals surface area contributed by atoms with Crippen molar-refractivity contribution in [3.05, 3.63) is 47.5 Å². The lowest BCUT2D eigenvalue weighted by atomic mass is 9.96. The van der Waals surface area contributed by atoms with Crippen LogP contribution < -0.4 is 0 Å². The van der Waals surface area contributed by atoms with Gasteiger partial charge < -0.3 is 10.2 Å². The monoisotopic (exact) mass is 260 g/mol. The summed E-state index contributed by atoms with van der Waals surface area (Å²) in [5.41, 5.74) is -0.402. The fourth-order valence-electron chi connectivity index (χ4n) is 2.36. The minimum absolute atomic E-state index is 0.201. The van der Waals surface area contributed by atoms with Crippen LogP contribution in [0.4, 0.5) is 0 Å². The second kappa shape index (κ2) is 4.15. The van der Waals surface area contributed by atoms with Gasteiger partial charge in [-0.15, -0.1) is 0 Å². The molecule has 4 nitrogen and oxygen atoms in total. The number of fused-ring (bicyclic) bond motifs is 2. The summed E-state index contributed by atoms with van der Waals surface area (Å²) < 4.78 is 0. The summed E-state index contributed by atoms with van der Waals surface area (Å²) in [7, 11) is 0. The fourth-order valence-corrected chi connectivity index (χ4v) is 2.36. The Hall–Kier alpha value is -3.24. The molecule has 3 aromatic rings. The molecule has 3 rings (SSSR count). The van der Waals surface area contributed by atoms with Crippen LogP contribution in [0, 0.1) is 22.7 Å². The Morgan fingerprint density at radius 3 is 1.50 bits per heavy atom. The Morgan fingerprint density at radius 2 is 1.15 bits per heavy atom. The van der Waals surface area contributed by atoms with Crippen molar-refractivity contribution in [2.75, 3.05) is 0 Å². The van der Waals surface area contributed by atoms with E-state index in [-0.39, 0.29) is 22.6 Å². The number of aromatic hydroxyl groups is 2. The summed E-state index contributed by atoms with van der Waals surface area (Å²) in [6.45, 7) is 0. The van der Waals surface area contributed by atoms with Gasteiger partial charge in [0, 0.05) is 10.8 Å². The van der Waals surface area contributed by atoms with E-state index in [1.165, 1.54) is 0 Å². The molecule has 4 heteroatoms. The molecule has 0 aromatic heterocycles. The molecule has 0 bridgehead atoms. The SMILES string of the molecule is N#Cc1c(C#N)c(O)c2cc3ccccc3cc2c1O.